The second kappa shape index (κ2) is 7.98. The standard InChI is InChI=1S/C15H21NO2S/c1-4-12(2)11-16(3)15(18)14-13(8-10-19-14)7-5-6-9-17/h8,10,12,17H,4,6,9,11H2,1-3H3. The van der Waals surface area contributed by atoms with E-state index in [1.807, 2.05) is 18.5 Å². The number of rotatable bonds is 5. The normalized spacial score (nSPS) is 11.6. The van der Waals surface area contributed by atoms with Crippen molar-refractivity contribution in [3.63, 3.8) is 0 Å². The lowest BCUT2D eigenvalue weighted by Gasteiger charge is -2.20. The lowest BCUT2D eigenvalue weighted by atomic mass is 10.1. The molecule has 0 fully saturated rings. The Morgan fingerprint density at radius 3 is 2.95 bits per heavy atom. The van der Waals surface area contributed by atoms with E-state index in [-0.39, 0.29) is 12.5 Å². The van der Waals surface area contributed by atoms with Gasteiger partial charge in [0.1, 0.15) is 4.88 Å². The third-order valence-electron chi connectivity index (χ3n) is 2.95. The Morgan fingerprint density at radius 1 is 1.58 bits per heavy atom. The highest BCUT2D eigenvalue weighted by Crippen LogP contribution is 2.18. The fraction of sp³-hybridized carbons (Fsp3) is 0.533. The first-order valence-electron chi connectivity index (χ1n) is 6.52. The first-order valence-corrected chi connectivity index (χ1v) is 7.40. The molecule has 0 aromatic carbocycles. The largest absolute Gasteiger partial charge is 0.395 e. The van der Waals surface area contributed by atoms with E-state index in [1.165, 1.54) is 11.3 Å². The van der Waals surface area contributed by atoms with E-state index in [9.17, 15) is 4.79 Å². The Kier molecular flexibility index (Phi) is 6.61. The number of carbonyl (C=O) groups excluding carboxylic acids is 1. The molecule has 0 bridgehead atoms. The Labute approximate surface area is 119 Å². The molecule has 1 amide bonds. The summed E-state index contributed by atoms with van der Waals surface area (Å²) in [4.78, 5) is 14.8. The maximum Gasteiger partial charge on any atom is 0.264 e. The third-order valence-corrected chi connectivity index (χ3v) is 3.85. The maximum absolute atomic E-state index is 12.3. The van der Waals surface area contributed by atoms with E-state index >= 15 is 0 Å². The number of hydrogen-bond donors (Lipinski definition) is 1. The van der Waals surface area contributed by atoms with Crippen LogP contribution in [-0.4, -0.2) is 36.1 Å². The van der Waals surface area contributed by atoms with Gasteiger partial charge < -0.3 is 10.0 Å². The van der Waals surface area contributed by atoms with Gasteiger partial charge in [0.25, 0.3) is 5.91 Å². The fourth-order valence-corrected chi connectivity index (χ4v) is 2.48. The molecule has 3 nitrogen and oxygen atoms in total. The molecule has 19 heavy (non-hydrogen) atoms. The van der Waals surface area contributed by atoms with Gasteiger partial charge in [-0.3, -0.25) is 4.79 Å². The summed E-state index contributed by atoms with van der Waals surface area (Å²) >= 11 is 1.42. The summed E-state index contributed by atoms with van der Waals surface area (Å²) < 4.78 is 0. The molecule has 0 aliphatic carbocycles. The van der Waals surface area contributed by atoms with Crippen LogP contribution < -0.4 is 0 Å². The highest BCUT2D eigenvalue weighted by atomic mass is 32.1. The number of carbonyl (C=O) groups is 1. The monoisotopic (exact) mass is 279 g/mol. The molecule has 0 saturated carbocycles. The highest BCUT2D eigenvalue weighted by molar-refractivity contribution is 7.12. The van der Waals surface area contributed by atoms with Gasteiger partial charge in [-0.25, -0.2) is 0 Å². The molecule has 0 radical (unpaired) electrons. The van der Waals surface area contributed by atoms with Crippen molar-refractivity contribution in [2.24, 2.45) is 5.92 Å². The van der Waals surface area contributed by atoms with Crippen LogP contribution in [-0.2, 0) is 0 Å². The van der Waals surface area contributed by atoms with Gasteiger partial charge in [-0.2, -0.15) is 0 Å². The quantitative estimate of drug-likeness (QED) is 0.842. The van der Waals surface area contributed by atoms with Crippen LogP contribution in [0.3, 0.4) is 0 Å². The van der Waals surface area contributed by atoms with Crippen molar-refractivity contribution in [2.75, 3.05) is 20.2 Å². The average molecular weight is 279 g/mol. The zero-order valence-corrected chi connectivity index (χ0v) is 12.6. The van der Waals surface area contributed by atoms with Crippen LogP contribution in [0.2, 0.25) is 0 Å². The zero-order valence-electron chi connectivity index (χ0n) is 11.8. The van der Waals surface area contributed by atoms with E-state index < -0.39 is 0 Å². The summed E-state index contributed by atoms with van der Waals surface area (Å²) in [6, 6.07) is 1.86. The van der Waals surface area contributed by atoms with Crippen LogP contribution in [0.4, 0.5) is 0 Å². The molecule has 0 saturated heterocycles. The van der Waals surface area contributed by atoms with Crippen molar-refractivity contribution in [1.29, 1.82) is 0 Å². The Balaban J connectivity index is 2.78. The summed E-state index contributed by atoms with van der Waals surface area (Å²) in [7, 11) is 1.83. The molecule has 1 N–H and O–H groups in total. The van der Waals surface area contributed by atoms with E-state index in [4.69, 9.17) is 5.11 Å². The van der Waals surface area contributed by atoms with Gasteiger partial charge in [0, 0.05) is 25.6 Å². The van der Waals surface area contributed by atoms with E-state index in [0.29, 0.717) is 17.2 Å². The zero-order chi connectivity index (χ0) is 14.3. The molecule has 0 aliphatic rings. The van der Waals surface area contributed by atoms with Crippen molar-refractivity contribution in [3.05, 3.63) is 21.9 Å². The predicted octanol–water partition coefficient (Wildman–Crippen LogP) is 2.60. The minimum Gasteiger partial charge on any atom is -0.395 e. The van der Waals surface area contributed by atoms with Gasteiger partial charge in [-0.15, -0.1) is 11.3 Å². The first-order chi connectivity index (χ1) is 9.10. The Hall–Kier alpha value is -1.31. The average Bonchev–Trinajstić information content (AvgIpc) is 2.86. The molecule has 1 aromatic heterocycles. The maximum atomic E-state index is 12.3. The van der Waals surface area contributed by atoms with Gasteiger partial charge in [0.05, 0.1) is 6.61 Å². The van der Waals surface area contributed by atoms with E-state index in [2.05, 4.69) is 25.7 Å². The van der Waals surface area contributed by atoms with Gasteiger partial charge in [0.2, 0.25) is 0 Å². The molecular weight excluding hydrogens is 258 g/mol. The summed E-state index contributed by atoms with van der Waals surface area (Å²) in [5.41, 5.74) is 0.763. The van der Waals surface area contributed by atoms with E-state index in [1.54, 1.807) is 4.90 Å². The molecular formula is C15H21NO2S. The molecule has 4 heteroatoms. The van der Waals surface area contributed by atoms with Crippen LogP contribution in [0, 0.1) is 17.8 Å². The van der Waals surface area contributed by atoms with Gasteiger partial charge in [0.15, 0.2) is 0 Å². The summed E-state index contributed by atoms with van der Waals surface area (Å²) in [5, 5.41) is 10.6. The number of aliphatic hydroxyl groups excluding tert-OH is 1. The second-order valence-electron chi connectivity index (χ2n) is 4.64. The van der Waals surface area contributed by atoms with Crippen molar-refractivity contribution in [1.82, 2.24) is 4.90 Å². The van der Waals surface area contributed by atoms with Crippen LogP contribution in [0.15, 0.2) is 11.4 Å². The van der Waals surface area contributed by atoms with Gasteiger partial charge in [-0.05, 0) is 17.4 Å². The van der Waals surface area contributed by atoms with Gasteiger partial charge >= 0.3 is 0 Å². The molecule has 0 aliphatic heterocycles. The number of aliphatic hydroxyl groups is 1. The molecule has 1 heterocycles. The van der Waals surface area contributed by atoms with E-state index in [0.717, 1.165) is 18.5 Å². The lowest BCUT2D eigenvalue weighted by Crippen LogP contribution is -2.30. The molecule has 1 aromatic rings. The summed E-state index contributed by atoms with van der Waals surface area (Å²) in [6.07, 6.45) is 1.50. The van der Waals surface area contributed by atoms with Crippen LogP contribution in [0.1, 0.15) is 41.9 Å². The molecule has 1 rings (SSSR count). The van der Waals surface area contributed by atoms with Gasteiger partial charge in [-0.1, -0.05) is 32.1 Å². The molecule has 1 atom stereocenters. The topological polar surface area (TPSA) is 40.5 Å². The second-order valence-corrected chi connectivity index (χ2v) is 5.55. The predicted molar refractivity (Wildman–Crippen MR) is 79.3 cm³/mol. The van der Waals surface area contributed by atoms with Crippen molar-refractivity contribution in [3.8, 4) is 11.8 Å². The minimum absolute atomic E-state index is 0.0311. The first kappa shape index (κ1) is 15.7. The fourth-order valence-electron chi connectivity index (χ4n) is 1.64. The van der Waals surface area contributed by atoms with Crippen LogP contribution >= 0.6 is 11.3 Å². The number of thiophene rings is 1. The minimum atomic E-state index is 0.0311. The third kappa shape index (κ3) is 4.70. The van der Waals surface area contributed by atoms with Crippen molar-refractivity contribution in [2.45, 2.75) is 26.7 Å². The number of nitrogens with zero attached hydrogens (tertiary/aromatic N) is 1. The highest BCUT2D eigenvalue weighted by Gasteiger charge is 2.17. The van der Waals surface area contributed by atoms with Crippen LogP contribution in [0.25, 0.3) is 0 Å². The van der Waals surface area contributed by atoms with Crippen molar-refractivity contribution >= 4 is 17.2 Å². The smallest absolute Gasteiger partial charge is 0.264 e. The lowest BCUT2D eigenvalue weighted by molar-refractivity contribution is 0.0779. The van der Waals surface area contributed by atoms with Crippen molar-refractivity contribution < 1.29 is 9.90 Å². The Morgan fingerprint density at radius 2 is 2.32 bits per heavy atom. The SMILES string of the molecule is CCC(C)CN(C)C(=O)c1sccc1C#CCCO. The molecule has 1 unspecified atom stereocenters. The number of amides is 1. The van der Waals surface area contributed by atoms with Crippen LogP contribution in [0.5, 0.6) is 0 Å². The summed E-state index contributed by atoms with van der Waals surface area (Å²) in [5.74, 6) is 6.34. The summed E-state index contributed by atoms with van der Waals surface area (Å²) in [6.45, 7) is 5.07. The molecule has 104 valence electrons. The number of hydrogen-bond acceptors (Lipinski definition) is 3. The Bertz CT molecular complexity index is 470. The molecule has 0 spiro atoms.